The molecule has 0 bridgehead atoms. The van der Waals surface area contributed by atoms with E-state index in [0.29, 0.717) is 6.54 Å². The maximum atomic E-state index is 5.78. The van der Waals surface area contributed by atoms with E-state index in [1.54, 1.807) is 0 Å². The molecule has 0 aliphatic heterocycles. The van der Waals surface area contributed by atoms with Crippen molar-refractivity contribution in [2.45, 2.75) is 0 Å². The summed E-state index contributed by atoms with van der Waals surface area (Å²) in [6.07, 6.45) is 3.90. The summed E-state index contributed by atoms with van der Waals surface area (Å²) >= 11 is 5.78. The van der Waals surface area contributed by atoms with Gasteiger partial charge in [-0.2, -0.15) is 0 Å². The van der Waals surface area contributed by atoms with Gasteiger partial charge in [0.15, 0.2) is 0 Å². The number of halogens is 1. The van der Waals surface area contributed by atoms with E-state index in [2.05, 4.69) is 21.0 Å². The van der Waals surface area contributed by atoms with Crippen LogP contribution in [-0.4, -0.2) is 26.9 Å². The SMILES string of the molecule is Nc1nnnn1NC/C=C/c1ccc(Cl)cc1. The van der Waals surface area contributed by atoms with Gasteiger partial charge in [-0.1, -0.05) is 41.0 Å². The monoisotopic (exact) mass is 250 g/mol. The summed E-state index contributed by atoms with van der Waals surface area (Å²) in [4.78, 5) is 1.31. The lowest BCUT2D eigenvalue weighted by Gasteiger charge is -2.01. The number of tetrazole rings is 1. The highest BCUT2D eigenvalue weighted by Gasteiger charge is 1.96. The van der Waals surface area contributed by atoms with Crippen LogP contribution in [0.5, 0.6) is 0 Å². The molecule has 6 nitrogen and oxygen atoms in total. The molecule has 7 heteroatoms. The Hall–Kier alpha value is -2.08. The first-order chi connectivity index (χ1) is 8.25. The summed E-state index contributed by atoms with van der Waals surface area (Å²) in [7, 11) is 0. The van der Waals surface area contributed by atoms with E-state index in [0.717, 1.165) is 10.6 Å². The highest BCUT2D eigenvalue weighted by Crippen LogP contribution is 2.10. The minimum absolute atomic E-state index is 0.227. The van der Waals surface area contributed by atoms with Crippen molar-refractivity contribution in [1.29, 1.82) is 0 Å². The average molecular weight is 251 g/mol. The molecule has 3 N–H and O–H groups in total. The van der Waals surface area contributed by atoms with Crippen LogP contribution in [0.15, 0.2) is 30.3 Å². The smallest absolute Gasteiger partial charge is 0.260 e. The number of nitrogens with zero attached hydrogens (tertiary/aromatic N) is 4. The Morgan fingerprint density at radius 3 is 2.76 bits per heavy atom. The topological polar surface area (TPSA) is 81.7 Å². The van der Waals surface area contributed by atoms with E-state index in [1.165, 1.54) is 4.79 Å². The molecule has 0 amide bonds. The van der Waals surface area contributed by atoms with Crippen LogP contribution in [0.3, 0.4) is 0 Å². The van der Waals surface area contributed by atoms with Crippen LogP contribution in [0.1, 0.15) is 5.56 Å². The molecule has 0 fully saturated rings. The molecular weight excluding hydrogens is 240 g/mol. The summed E-state index contributed by atoms with van der Waals surface area (Å²) in [6, 6.07) is 7.55. The maximum Gasteiger partial charge on any atom is 0.260 e. The second-order valence-electron chi connectivity index (χ2n) is 3.27. The Morgan fingerprint density at radius 1 is 1.35 bits per heavy atom. The van der Waals surface area contributed by atoms with Crippen LogP contribution in [0.4, 0.5) is 5.95 Å². The van der Waals surface area contributed by atoms with Gasteiger partial charge in [0.25, 0.3) is 5.95 Å². The van der Waals surface area contributed by atoms with E-state index in [9.17, 15) is 0 Å². The fourth-order valence-electron chi connectivity index (χ4n) is 1.21. The van der Waals surface area contributed by atoms with Gasteiger partial charge in [-0.05, 0) is 28.1 Å². The molecule has 0 radical (unpaired) electrons. The molecular formula is C10H11ClN6. The predicted molar refractivity (Wildman–Crippen MR) is 66.9 cm³/mol. The average Bonchev–Trinajstić information content (AvgIpc) is 2.73. The minimum Gasteiger partial charge on any atom is -0.365 e. The van der Waals surface area contributed by atoms with Gasteiger partial charge in [-0.15, -0.1) is 4.79 Å². The van der Waals surface area contributed by atoms with Crippen molar-refractivity contribution < 1.29 is 0 Å². The Balaban J connectivity index is 1.86. The quantitative estimate of drug-likeness (QED) is 0.851. The zero-order valence-electron chi connectivity index (χ0n) is 8.92. The summed E-state index contributed by atoms with van der Waals surface area (Å²) in [5.74, 6) is 0.227. The molecule has 0 unspecified atom stereocenters. The van der Waals surface area contributed by atoms with E-state index in [4.69, 9.17) is 17.3 Å². The third kappa shape index (κ3) is 3.18. The first-order valence-corrected chi connectivity index (χ1v) is 5.33. The van der Waals surface area contributed by atoms with Crippen molar-refractivity contribution in [1.82, 2.24) is 20.3 Å². The molecule has 1 aromatic carbocycles. The molecule has 1 heterocycles. The van der Waals surface area contributed by atoms with Crippen LogP contribution >= 0.6 is 11.6 Å². The first-order valence-electron chi connectivity index (χ1n) is 4.95. The van der Waals surface area contributed by atoms with Crippen molar-refractivity contribution in [2.75, 3.05) is 17.7 Å². The van der Waals surface area contributed by atoms with Crippen molar-refractivity contribution >= 4 is 23.6 Å². The van der Waals surface area contributed by atoms with Crippen LogP contribution in [0.25, 0.3) is 6.08 Å². The molecule has 0 atom stereocenters. The fraction of sp³-hybridized carbons (Fsp3) is 0.100. The number of benzene rings is 1. The second kappa shape index (κ2) is 5.31. The zero-order chi connectivity index (χ0) is 12.1. The number of anilines is 1. The fourth-order valence-corrected chi connectivity index (χ4v) is 1.34. The van der Waals surface area contributed by atoms with Gasteiger partial charge >= 0.3 is 0 Å². The lowest BCUT2D eigenvalue weighted by Crippen LogP contribution is -2.18. The van der Waals surface area contributed by atoms with Crippen molar-refractivity contribution in [2.24, 2.45) is 0 Å². The molecule has 2 rings (SSSR count). The van der Waals surface area contributed by atoms with Crippen LogP contribution in [0.2, 0.25) is 5.02 Å². The molecule has 1 aromatic heterocycles. The second-order valence-corrected chi connectivity index (χ2v) is 3.70. The van der Waals surface area contributed by atoms with E-state index in [1.807, 2.05) is 36.4 Å². The summed E-state index contributed by atoms with van der Waals surface area (Å²) in [5, 5.41) is 11.3. The molecule has 0 aliphatic carbocycles. The van der Waals surface area contributed by atoms with E-state index in [-0.39, 0.29) is 5.95 Å². The Bertz CT molecular complexity index is 504. The number of hydrogen-bond donors (Lipinski definition) is 2. The lowest BCUT2D eigenvalue weighted by molar-refractivity contribution is 0.714. The van der Waals surface area contributed by atoms with Crippen molar-refractivity contribution in [3.05, 3.63) is 40.9 Å². The molecule has 88 valence electrons. The summed E-state index contributed by atoms with van der Waals surface area (Å²) in [5.41, 5.74) is 9.46. The number of rotatable bonds is 4. The number of hydrogen-bond acceptors (Lipinski definition) is 5. The largest absolute Gasteiger partial charge is 0.365 e. The molecule has 0 saturated carbocycles. The highest BCUT2D eigenvalue weighted by molar-refractivity contribution is 6.30. The summed E-state index contributed by atoms with van der Waals surface area (Å²) < 4.78 is 0. The molecule has 17 heavy (non-hydrogen) atoms. The predicted octanol–water partition coefficient (Wildman–Crippen LogP) is 1.17. The standard InChI is InChI=1S/C10H11ClN6/c11-9-5-3-8(4-6-9)2-1-7-13-17-10(12)14-15-16-17/h1-6,13H,7H2,(H2,12,14,16)/b2-1+. The molecule has 0 aliphatic rings. The van der Waals surface area contributed by atoms with Gasteiger partial charge in [0.2, 0.25) is 0 Å². The Kier molecular flexibility index (Phi) is 3.56. The number of nitrogens with one attached hydrogen (secondary N) is 1. The van der Waals surface area contributed by atoms with Gasteiger partial charge < -0.3 is 11.2 Å². The van der Waals surface area contributed by atoms with E-state index < -0.39 is 0 Å². The highest BCUT2D eigenvalue weighted by atomic mass is 35.5. The molecule has 2 aromatic rings. The van der Waals surface area contributed by atoms with Crippen molar-refractivity contribution in [3.8, 4) is 0 Å². The summed E-state index contributed by atoms with van der Waals surface area (Å²) in [6.45, 7) is 0.567. The van der Waals surface area contributed by atoms with Gasteiger partial charge in [0, 0.05) is 5.02 Å². The van der Waals surface area contributed by atoms with E-state index >= 15 is 0 Å². The molecule has 0 spiro atoms. The number of aromatic nitrogens is 4. The number of nitrogens with two attached hydrogens (primary N) is 1. The zero-order valence-corrected chi connectivity index (χ0v) is 9.67. The Morgan fingerprint density at radius 2 is 2.12 bits per heavy atom. The van der Waals surface area contributed by atoms with Gasteiger partial charge in [-0.3, -0.25) is 0 Å². The maximum absolute atomic E-state index is 5.78. The van der Waals surface area contributed by atoms with Crippen molar-refractivity contribution in [3.63, 3.8) is 0 Å². The van der Waals surface area contributed by atoms with Gasteiger partial charge in [-0.25, -0.2) is 0 Å². The van der Waals surface area contributed by atoms with Gasteiger partial charge in [0.1, 0.15) is 0 Å². The van der Waals surface area contributed by atoms with Gasteiger partial charge in [0.05, 0.1) is 6.54 Å². The van der Waals surface area contributed by atoms with Crippen LogP contribution < -0.4 is 11.2 Å². The van der Waals surface area contributed by atoms with Crippen LogP contribution in [0, 0.1) is 0 Å². The third-order valence-electron chi connectivity index (χ3n) is 2.03. The molecule has 0 saturated heterocycles. The minimum atomic E-state index is 0.227. The normalized spacial score (nSPS) is 10.9. The third-order valence-corrected chi connectivity index (χ3v) is 2.28. The first kappa shape index (κ1) is 11.4. The Labute approximate surface area is 103 Å². The lowest BCUT2D eigenvalue weighted by atomic mass is 10.2. The number of nitrogen functional groups attached to an aromatic ring is 1. The van der Waals surface area contributed by atoms with Crippen LogP contribution in [-0.2, 0) is 0 Å².